The molecule has 10 aromatic rings. The lowest BCUT2D eigenvalue weighted by Gasteiger charge is -2.29. The van der Waals surface area contributed by atoms with E-state index in [0.29, 0.717) is 6.54 Å². The highest BCUT2D eigenvalue weighted by molar-refractivity contribution is 6.23. The third-order valence-electron chi connectivity index (χ3n) is 10.9. The van der Waals surface area contributed by atoms with Crippen LogP contribution in [0.5, 0.6) is 0 Å². The van der Waals surface area contributed by atoms with Gasteiger partial charge in [-0.25, -0.2) is 0 Å². The van der Waals surface area contributed by atoms with Crippen LogP contribution < -0.4 is 4.90 Å². The predicted octanol–water partition coefficient (Wildman–Crippen LogP) is 14.3. The van der Waals surface area contributed by atoms with E-state index < -0.39 is 0 Å². The number of hydrogen-bond acceptors (Lipinski definition) is 1. The lowest BCUT2D eigenvalue weighted by atomic mass is 9.92. The van der Waals surface area contributed by atoms with Gasteiger partial charge in [0.25, 0.3) is 0 Å². The van der Waals surface area contributed by atoms with Gasteiger partial charge in [-0.15, -0.1) is 0 Å². The molecule has 0 saturated carbocycles. The molecule has 10 rings (SSSR count). The van der Waals surface area contributed by atoms with Crippen LogP contribution in [0.2, 0.25) is 0 Å². The van der Waals surface area contributed by atoms with Gasteiger partial charge in [0.2, 0.25) is 0 Å². The van der Waals surface area contributed by atoms with Crippen molar-refractivity contribution in [1.82, 2.24) is 4.57 Å². The third kappa shape index (κ3) is 5.85. The van der Waals surface area contributed by atoms with Gasteiger partial charge in [-0.05, 0) is 86.6 Å². The summed E-state index contributed by atoms with van der Waals surface area (Å²) in [5.41, 5.74) is 14.4. The Balaban J connectivity index is 1.23. The van der Waals surface area contributed by atoms with Crippen LogP contribution in [-0.4, -0.2) is 4.57 Å². The maximum absolute atomic E-state index is 2.50. The van der Waals surface area contributed by atoms with E-state index >= 15 is 0 Å². The van der Waals surface area contributed by atoms with Crippen molar-refractivity contribution in [2.24, 2.45) is 0 Å². The van der Waals surface area contributed by atoms with Crippen molar-refractivity contribution < 1.29 is 0 Å². The summed E-state index contributed by atoms with van der Waals surface area (Å²) in [4.78, 5) is 2.50. The summed E-state index contributed by atoms with van der Waals surface area (Å²) in [5.74, 6) is 0. The molecule has 1 aromatic heterocycles. The van der Waals surface area contributed by atoms with Crippen molar-refractivity contribution in [1.29, 1.82) is 0 Å². The minimum atomic E-state index is 0.691. The van der Waals surface area contributed by atoms with Crippen molar-refractivity contribution in [3.63, 3.8) is 0 Å². The molecule has 0 atom stereocenters. The molecular weight excluding hydrogens is 665 g/mol. The third-order valence-corrected chi connectivity index (χ3v) is 10.9. The predicted molar refractivity (Wildman–Crippen MR) is 233 cm³/mol. The Hall–Kier alpha value is -7.16. The van der Waals surface area contributed by atoms with Crippen molar-refractivity contribution in [3.8, 4) is 39.1 Å². The fourth-order valence-corrected chi connectivity index (χ4v) is 8.39. The molecule has 260 valence electrons. The molecule has 0 saturated heterocycles. The molecule has 0 radical (unpaired) electrons. The summed E-state index contributed by atoms with van der Waals surface area (Å²) in [6, 6.07) is 79.2. The van der Waals surface area contributed by atoms with E-state index in [9.17, 15) is 0 Å². The molecule has 0 amide bonds. The standard InChI is InChI=1S/C53H38N2/c1-4-19-38(20-5-1)45-29-12-11-24-42(45)37-54(49-33-16-14-30-46(49)39-21-6-2-7-22-39)44-28-18-25-41(35-44)52-47-31-13-10-23-40(47)36-51-53(52)48-32-15-17-34-50(48)55(51)43-26-8-3-9-27-43/h1-36H,37H2. The SMILES string of the molecule is c1ccc(-c2ccccc2CN(c2cccc(-c3c4ccccc4cc4c3c3ccccc3n4-c3ccccc3)c2)c2ccccc2-c2ccccc2)cc1. The molecule has 0 spiro atoms. The zero-order valence-corrected chi connectivity index (χ0v) is 30.4. The van der Waals surface area contributed by atoms with E-state index in [1.54, 1.807) is 0 Å². The van der Waals surface area contributed by atoms with Gasteiger partial charge in [-0.1, -0.05) is 176 Å². The Morgan fingerprint density at radius 2 is 0.982 bits per heavy atom. The van der Waals surface area contributed by atoms with Crippen molar-refractivity contribution >= 4 is 44.0 Å². The summed E-state index contributed by atoms with van der Waals surface area (Å²) in [5, 5.41) is 4.98. The van der Waals surface area contributed by atoms with Crippen LogP contribution >= 0.6 is 0 Å². The Morgan fingerprint density at radius 1 is 0.400 bits per heavy atom. The van der Waals surface area contributed by atoms with E-state index in [-0.39, 0.29) is 0 Å². The monoisotopic (exact) mass is 702 g/mol. The molecule has 2 nitrogen and oxygen atoms in total. The van der Waals surface area contributed by atoms with E-state index in [2.05, 4.69) is 228 Å². The average Bonchev–Trinajstić information content (AvgIpc) is 3.59. The quantitative estimate of drug-likeness (QED) is 0.153. The first kappa shape index (κ1) is 32.5. The second kappa shape index (κ2) is 14.0. The van der Waals surface area contributed by atoms with Gasteiger partial charge in [-0.3, -0.25) is 0 Å². The van der Waals surface area contributed by atoms with Crippen LogP contribution in [0.3, 0.4) is 0 Å². The number of aromatic nitrogens is 1. The van der Waals surface area contributed by atoms with Gasteiger partial charge in [-0.2, -0.15) is 0 Å². The van der Waals surface area contributed by atoms with E-state index in [0.717, 1.165) is 17.1 Å². The molecular formula is C53H38N2. The van der Waals surface area contributed by atoms with Crippen molar-refractivity contribution in [3.05, 3.63) is 224 Å². The Morgan fingerprint density at radius 3 is 1.76 bits per heavy atom. The number of fused-ring (bicyclic) bond motifs is 4. The largest absolute Gasteiger partial charge is 0.336 e. The Labute approximate surface area is 321 Å². The van der Waals surface area contributed by atoms with Crippen LogP contribution in [0.15, 0.2) is 218 Å². The smallest absolute Gasteiger partial charge is 0.0553 e. The number of rotatable bonds is 8. The first-order chi connectivity index (χ1) is 27.3. The topological polar surface area (TPSA) is 8.17 Å². The molecule has 0 bridgehead atoms. The van der Waals surface area contributed by atoms with E-state index in [1.807, 2.05) is 0 Å². The Bertz CT molecular complexity index is 2940. The van der Waals surface area contributed by atoms with Gasteiger partial charge >= 0.3 is 0 Å². The zero-order chi connectivity index (χ0) is 36.6. The zero-order valence-electron chi connectivity index (χ0n) is 30.4. The summed E-state index contributed by atoms with van der Waals surface area (Å²) in [6.07, 6.45) is 0. The van der Waals surface area contributed by atoms with Gasteiger partial charge in [0.05, 0.1) is 11.0 Å². The van der Waals surface area contributed by atoms with Crippen LogP contribution in [0.4, 0.5) is 11.4 Å². The number of benzene rings is 9. The molecule has 0 fully saturated rings. The van der Waals surface area contributed by atoms with Crippen molar-refractivity contribution in [2.45, 2.75) is 6.54 Å². The number of nitrogens with zero attached hydrogens (tertiary/aromatic N) is 2. The lowest BCUT2D eigenvalue weighted by molar-refractivity contribution is 0.978. The molecule has 0 aliphatic carbocycles. The van der Waals surface area contributed by atoms with Crippen LogP contribution in [0.25, 0.3) is 71.6 Å². The second-order valence-corrected chi connectivity index (χ2v) is 14.1. The molecule has 0 aliphatic heterocycles. The summed E-state index contributed by atoms with van der Waals surface area (Å²) < 4.78 is 2.42. The number of hydrogen-bond donors (Lipinski definition) is 0. The van der Waals surface area contributed by atoms with Gasteiger partial charge in [0.1, 0.15) is 0 Å². The fourth-order valence-electron chi connectivity index (χ4n) is 8.39. The van der Waals surface area contributed by atoms with E-state index in [1.165, 1.54) is 71.5 Å². The van der Waals surface area contributed by atoms with Gasteiger partial charge < -0.3 is 9.47 Å². The summed E-state index contributed by atoms with van der Waals surface area (Å²) in [6.45, 7) is 0.691. The minimum Gasteiger partial charge on any atom is -0.336 e. The summed E-state index contributed by atoms with van der Waals surface area (Å²) in [7, 11) is 0. The van der Waals surface area contributed by atoms with Gasteiger partial charge in [0, 0.05) is 39.9 Å². The van der Waals surface area contributed by atoms with Gasteiger partial charge in [0.15, 0.2) is 0 Å². The maximum atomic E-state index is 2.50. The molecule has 55 heavy (non-hydrogen) atoms. The second-order valence-electron chi connectivity index (χ2n) is 14.1. The summed E-state index contributed by atoms with van der Waals surface area (Å²) >= 11 is 0. The maximum Gasteiger partial charge on any atom is 0.0553 e. The first-order valence-electron chi connectivity index (χ1n) is 19.0. The number of anilines is 2. The normalized spacial score (nSPS) is 11.3. The molecule has 2 heteroatoms. The van der Waals surface area contributed by atoms with Crippen LogP contribution in [-0.2, 0) is 6.54 Å². The van der Waals surface area contributed by atoms with Crippen LogP contribution in [0, 0.1) is 0 Å². The highest BCUT2D eigenvalue weighted by Crippen LogP contribution is 2.45. The fraction of sp³-hybridized carbons (Fsp3) is 0.0189. The molecule has 0 N–H and O–H groups in total. The lowest BCUT2D eigenvalue weighted by Crippen LogP contribution is -2.18. The minimum absolute atomic E-state index is 0.691. The van der Waals surface area contributed by atoms with Crippen LogP contribution in [0.1, 0.15) is 5.56 Å². The molecule has 0 unspecified atom stereocenters. The number of para-hydroxylation sites is 3. The molecule has 0 aliphatic rings. The van der Waals surface area contributed by atoms with E-state index in [4.69, 9.17) is 0 Å². The Kier molecular flexibility index (Phi) is 8.27. The highest BCUT2D eigenvalue weighted by Gasteiger charge is 2.22. The average molecular weight is 703 g/mol. The molecule has 1 heterocycles. The highest BCUT2D eigenvalue weighted by atomic mass is 15.1. The first-order valence-corrected chi connectivity index (χ1v) is 19.0. The molecule has 9 aromatic carbocycles. The van der Waals surface area contributed by atoms with Crippen molar-refractivity contribution in [2.75, 3.05) is 4.90 Å².